The van der Waals surface area contributed by atoms with E-state index < -0.39 is 0 Å². The molecular weight excluding hydrogens is 316 g/mol. The van der Waals surface area contributed by atoms with Crippen molar-refractivity contribution in [1.82, 2.24) is 10.9 Å². The third-order valence-electron chi connectivity index (χ3n) is 3.71. The minimum Gasteiger partial charge on any atom is -0.374 e. The van der Waals surface area contributed by atoms with E-state index in [-0.39, 0.29) is 17.9 Å². The normalized spacial score (nSPS) is 10.6. The molecule has 0 radical (unpaired) electrons. The van der Waals surface area contributed by atoms with Crippen LogP contribution in [0.3, 0.4) is 0 Å². The van der Waals surface area contributed by atoms with Crippen LogP contribution in [-0.2, 0) is 17.8 Å². The molecule has 0 aliphatic carbocycles. The van der Waals surface area contributed by atoms with Gasteiger partial charge in [0.2, 0.25) is 0 Å². The third kappa shape index (κ3) is 5.72. The molecule has 0 bridgehead atoms. The van der Waals surface area contributed by atoms with Gasteiger partial charge in [-0.1, -0.05) is 31.2 Å². The highest BCUT2D eigenvalue weighted by molar-refractivity contribution is 5.99. The van der Waals surface area contributed by atoms with Gasteiger partial charge in [0.1, 0.15) is 0 Å². The van der Waals surface area contributed by atoms with Gasteiger partial charge in [0.25, 0.3) is 11.8 Å². The summed E-state index contributed by atoms with van der Waals surface area (Å²) in [7, 11) is 0. The van der Waals surface area contributed by atoms with Gasteiger partial charge in [0.15, 0.2) is 0 Å². The van der Waals surface area contributed by atoms with E-state index in [1.54, 1.807) is 24.3 Å². The Kier molecular flexibility index (Phi) is 6.71. The molecule has 0 aliphatic heterocycles. The predicted octanol–water partition coefficient (Wildman–Crippen LogP) is 3.25. The Morgan fingerprint density at radius 3 is 1.68 bits per heavy atom. The lowest BCUT2D eigenvalue weighted by Gasteiger charge is -2.09. The molecule has 0 spiro atoms. The standard InChI is InChI=1S/C20H24N2O3/c1-4-15-5-9-17(10-6-15)19(23)21-22-20(24)18-11-7-16(8-12-18)13-25-14(2)3/h5-12,14H,4,13H2,1-3H3,(H,21,23)(H,22,24). The number of ether oxygens (including phenoxy) is 1. The van der Waals surface area contributed by atoms with Crippen molar-refractivity contribution in [2.45, 2.75) is 39.9 Å². The van der Waals surface area contributed by atoms with E-state index in [1.165, 1.54) is 0 Å². The van der Waals surface area contributed by atoms with Crippen molar-refractivity contribution in [3.8, 4) is 0 Å². The lowest BCUT2D eigenvalue weighted by atomic mass is 10.1. The average molecular weight is 340 g/mol. The second kappa shape index (κ2) is 8.99. The molecule has 0 fully saturated rings. The first kappa shape index (κ1) is 18.7. The highest BCUT2D eigenvalue weighted by Gasteiger charge is 2.09. The molecule has 25 heavy (non-hydrogen) atoms. The summed E-state index contributed by atoms with van der Waals surface area (Å²) < 4.78 is 5.52. The minimum atomic E-state index is -0.366. The predicted molar refractivity (Wildman–Crippen MR) is 97.1 cm³/mol. The number of hydrogen-bond donors (Lipinski definition) is 2. The van der Waals surface area contributed by atoms with E-state index in [9.17, 15) is 9.59 Å². The summed E-state index contributed by atoms with van der Waals surface area (Å²) >= 11 is 0. The lowest BCUT2D eigenvalue weighted by molar-refractivity contribution is 0.0656. The molecule has 0 saturated heterocycles. The quantitative estimate of drug-likeness (QED) is 0.793. The summed E-state index contributed by atoms with van der Waals surface area (Å²) in [4.78, 5) is 24.1. The minimum absolute atomic E-state index is 0.157. The first-order valence-electron chi connectivity index (χ1n) is 8.39. The molecule has 5 nitrogen and oxygen atoms in total. The van der Waals surface area contributed by atoms with Gasteiger partial charge >= 0.3 is 0 Å². The van der Waals surface area contributed by atoms with Crippen molar-refractivity contribution in [3.63, 3.8) is 0 Å². The maximum Gasteiger partial charge on any atom is 0.269 e. The Morgan fingerprint density at radius 1 is 0.840 bits per heavy atom. The van der Waals surface area contributed by atoms with E-state index in [2.05, 4.69) is 17.8 Å². The van der Waals surface area contributed by atoms with Crippen LogP contribution in [0.5, 0.6) is 0 Å². The molecule has 2 rings (SSSR count). The average Bonchev–Trinajstić information content (AvgIpc) is 2.64. The molecule has 0 unspecified atom stereocenters. The fraction of sp³-hybridized carbons (Fsp3) is 0.300. The number of benzene rings is 2. The Hall–Kier alpha value is -2.66. The molecule has 2 N–H and O–H groups in total. The lowest BCUT2D eigenvalue weighted by Crippen LogP contribution is -2.41. The van der Waals surface area contributed by atoms with Crippen LogP contribution in [0, 0.1) is 0 Å². The summed E-state index contributed by atoms with van der Waals surface area (Å²) in [5.74, 6) is -0.715. The molecule has 2 amide bonds. The zero-order valence-electron chi connectivity index (χ0n) is 14.8. The van der Waals surface area contributed by atoms with Crippen LogP contribution < -0.4 is 10.9 Å². The van der Waals surface area contributed by atoms with Crippen molar-refractivity contribution in [2.75, 3.05) is 0 Å². The Bertz CT molecular complexity index is 707. The highest BCUT2D eigenvalue weighted by Crippen LogP contribution is 2.07. The van der Waals surface area contributed by atoms with Gasteiger partial charge < -0.3 is 4.74 Å². The number of aryl methyl sites for hydroxylation is 1. The second-order valence-corrected chi connectivity index (χ2v) is 6.02. The third-order valence-corrected chi connectivity index (χ3v) is 3.71. The molecule has 0 heterocycles. The number of nitrogens with one attached hydrogen (secondary N) is 2. The van der Waals surface area contributed by atoms with Gasteiger partial charge in [0, 0.05) is 11.1 Å². The SMILES string of the molecule is CCc1ccc(C(=O)NNC(=O)c2ccc(COC(C)C)cc2)cc1. The molecule has 2 aromatic carbocycles. The largest absolute Gasteiger partial charge is 0.374 e. The molecule has 2 aromatic rings. The number of hydrogen-bond acceptors (Lipinski definition) is 3. The van der Waals surface area contributed by atoms with Crippen molar-refractivity contribution in [3.05, 3.63) is 70.8 Å². The molecule has 5 heteroatoms. The second-order valence-electron chi connectivity index (χ2n) is 6.02. The maximum absolute atomic E-state index is 12.1. The molecule has 0 atom stereocenters. The Balaban J connectivity index is 1.87. The Labute approximate surface area is 148 Å². The van der Waals surface area contributed by atoms with Gasteiger partial charge in [-0.05, 0) is 55.7 Å². The highest BCUT2D eigenvalue weighted by atomic mass is 16.5. The number of hydrazine groups is 1. The smallest absolute Gasteiger partial charge is 0.269 e. The summed E-state index contributed by atoms with van der Waals surface area (Å²) in [5.41, 5.74) is 7.96. The van der Waals surface area contributed by atoms with Crippen LogP contribution in [0.2, 0.25) is 0 Å². The van der Waals surface area contributed by atoms with Gasteiger partial charge in [-0.15, -0.1) is 0 Å². The van der Waals surface area contributed by atoms with Crippen molar-refractivity contribution in [2.24, 2.45) is 0 Å². The fourth-order valence-electron chi connectivity index (χ4n) is 2.16. The number of amides is 2. The number of carbonyl (C=O) groups excluding carboxylic acids is 2. The molecule has 132 valence electrons. The van der Waals surface area contributed by atoms with Crippen LogP contribution >= 0.6 is 0 Å². The maximum atomic E-state index is 12.1. The van der Waals surface area contributed by atoms with Crippen molar-refractivity contribution >= 4 is 11.8 Å². The van der Waals surface area contributed by atoms with Crippen LogP contribution in [0.1, 0.15) is 52.6 Å². The molecular formula is C20H24N2O3. The van der Waals surface area contributed by atoms with E-state index in [1.807, 2.05) is 38.1 Å². The van der Waals surface area contributed by atoms with Gasteiger partial charge in [-0.25, -0.2) is 0 Å². The topological polar surface area (TPSA) is 67.4 Å². The summed E-state index contributed by atoms with van der Waals surface area (Å²) in [5, 5.41) is 0. The number of carbonyl (C=O) groups is 2. The zero-order chi connectivity index (χ0) is 18.2. The van der Waals surface area contributed by atoms with Crippen molar-refractivity contribution < 1.29 is 14.3 Å². The van der Waals surface area contributed by atoms with E-state index in [4.69, 9.17) is 4.74 Å². The monoisotopic (exact) mass is 340 g/mol. The zero-order valence-corrected chi connectivity index (χ0v) is 14.8. The summed E-state index contributed by atoms with van der Waals surface area (Å²) in [6.07, 6.45) is 1.07. The van der Waals surface area contributed by atoms with E-state index in [0.717, 1.165) is 17.5 Å². The van der Waals surface area contributed by atoms with Crippen LogP contribution in [0.15, 0.2) is 48.5 Å². The van der Waals surface area contributed by atoms with E-state index >= 15 is 0 Å². The first-order chi connectivity index (χ1) is 12.0. The Morgan fingerprint density at radius 2 is 1.28 bits per heavy atom. The van der Waals surface area contributed by atoms with Gasteiger partial charge in [0.05, 0.1) is 12.7 Å². The summed E-state index contributed by atoms with van der Waals surface area (Å²) in [6, 6.07) is 14.4. The van der Waals surface area contributed by atoms with Crippen LogP contribution in [-0.4, -0.2) is 17.9 Å². The fourth-order valence-corrected chi connectivity index (χ4v) is 2.16. The molecule has 0 aromatic heterocycles. The van der Waals surface area contributed by atoms with Crippen LogP contribution in [0.4, 0.5) is 0 Å². The van der Waals surface area contributed by atoms with Gasteiger partial charge in [-0.2, -0.15) is 0 Å². The summed E-state index contributed by atoms with van der Waals surface area (Å²) in [6.45, 7) is 6.50. The van der Waals surface area contributed by atoms with Crippen molar-refractivity contribution in [1.29, 1.82) is 0 Å². The molecule has 0 aliphatic rings. The molecule has 0 saturated carbocycles. The number of rotatable bonds is 6. The first-order valence-corrected chi connectivity index (χ1v) is 8.39. The van der Waals surface area contributed by atoms with Gasteiger partial charge in [-0.3, -0.25) is 20.4 Å². The van der Waals surface area contributed by atoms with E-state index in [0.29, 0.717) is 17.7 Å². The van der Waals surface area contributed by atoms with Crippen LogP contribution in [0.25, 0.3) is 0 Å².